The van der Waals surface area contributed by atoms with Crippen molar-refractivity contribution in [1.29, 1.82) is 5.41 Å². The average Bonchev–Trinajstić information content (AvgIpc) is 3.27. The Bertz CT molecular complexity index is 734. The fourth-order valence-electron chi connectivity index (χ4n) is 4.02. The molecule has 1 atom stereocenters. The van der Waals surface area contributed by atoms with E-state index in [0.717, 1.165) is 35.4 Å². The van der Waals surface area contributed by atoms with Gasteiger partial charge in [-0.1, -0.05) is 51.8 Å². The Hall–Kier alpha value is -1.87. The molecular weight excluding hydrogens is 332 g/mol. The molecule has 2 aromatic rings. The number of rotatable bonds is 7. The van der Waals surface area contributed by atoms with E-state index >= 15 is 0 Å². The SMILES string of the molecule is CC.CCC(CN(C)C1CCCC1)C(=N)c1ccc2cc(OC)ccc2c1. The van der Waals surface area contributed by atoms with Gasteiger partial charge in [0, 0.05) is 24.2 Å². The van der Waals surface area contributed by atoms with Crippen molar-refractivity contribution in [3.63, 3.8) is 0 Å². The van der Waals surface area contributed by atoms with E-state index < -0.39 is 0 Å². The van der Waals surface area contributed by atoms with E-state index in [1.807, 2.05) is 26.0 Å². The molecule has 0 bridgehead atoms. The molecule has 1 N–H and O–H groups in total. The van der Waals surface area contributed by atoms with Crippen LogP contribution in [-0.2, 0) is 0 Å². The lowest BCUT2D eigenvalue weighted by atomic mass is 9.92. The Kier molecular flexibility index (Phi) is 8.30. The van der Waals surface area contributed by atoms with Crippen LogP contribution in [0.5, 0.6) is 5.75 Å². The number of benzene rings is 2. The van der Waals surface area contributed by atoms with Gasteiger partial charge in [-0.3, -0.25) is 0 Å². The quantitative estimate of drug-likeness (QED) is 0.596. The molecule has 0 aliphatic heterocycles. The first kappa shape index (κ1) is 21.4. The maximum atomic E-state index is 8.75. The summed E-state index contributed by atoms with van der Waals surface area (Å²) < 4.78 is 5.30. The standard InChI is InChI=1S/C22H30N2O.C2H6/c1-4-16(15-24(2)20-7-5-6-8-20)22(23)19-10-9-18-14-21(25-3)12-11-17(18)13-19;1-2/h9-14,16,20,23H,4-8,15H2,1-3H3;1-2H3. The highest BCUT2D eigenvalue weighted by molar-refractivity contribution is 6.03. The maximum Gasteiger partial charge on any atom is 0.119 e. The van der Waals surface area contributed by atoms with Crippen molar-refractivity contribution in [3.8, 4) is 5.75 Å². The highest BCUT2D eigenvalue weighted by Gasteiger charge is 2.23. The molecule has 27 heavy (non-hydrogen) atoms. The molecule has 148 valence electrons. The number of methoxy groups -OCH3 is 1. The largest absolute Gasteiger partial charge is 0.497 e. The predicted octanol–water partition coefficient (Wildman–Crippen LogP) is 6.14. The summed E-state index contributed by atoms with van der Waals surface area (Å²) in [5.74, 6) is 1.17. The van der Waals surface area contributed by atoms with Crippen LogP contribution in [0.3, 0.4) is 0 Å². The third-order valence-corrected chi connectivity index (χ3v) is 5.72. The molecule has 1 fully saturated rings. The molecule has 1 aliphatic rings. The Morgan fingerprint density at radius 3 is 2.37 bits per heavy atom. The molecule has 0 amide bonds. The van der Waals surface area contributed by atoms with E-state index in [1.165, 1.54) is 31.1 Å². The van der Waals surface area contributed by atoms with Gasteiger partial charge in [-0.25, -0.2) is 0 Å². The molecule has 3 rings (SSSR count). The minimum absolute atomic E-state index is 0.293. The summed E-state index contributed by atoms with van der Waals surface area (Å²) in [6, 6.07) is 13.2. The molecule has 0 aromatic heterocycles. The number of nitrogens with zero attached hydrogens (tertiary/aromatic N) is 1. The highest BCUT2D eigenvalue weighted by atomic mass is 16.5. The number of hydrogen-bond acceptors (Lipinski definition) is 3. The summed E-state index contributed by atoms with van der Waals surface area (Å²) in [6.45, 7) is 7.19. The van der Waals surface area contributed by atoms with Crippen LogP contribution in [0.15, 0.2) is 36.4 Å². The average molecular weight is 369 g/mol. The van der Waals surface area contributed by atoms with Gasteiger partial charge in [0.1, 0.15) is 5.75 Å². The van der Waals surface area contributed by atoms with Gasteiger partial charge >= 0.3 is 0 Å². The van der Waals surface area contributed by atoms with Crippen LogP contribution in [0.4, 0.5) is 0 Å². The maximum absolute atomic E-state index is 8.75. The third kappa shape index (κ3) is 5.32. The molecule has 3 nitrogen and oxygen atoms in total. The molecule has 2 aromatic carbocycles. The van der Waals surface area contributed by atoms with Crippen molar-refractivity contribution in [3.05, 3.63) is 42.0 Å². The van der Waals surface area contributed by atoms with Gasteiger partial charge in [0.25, 0.3) is 0 Å². The molecule has 0 radical (unpaired) electrons. The lowest BCUT2D eigenvalue weighted by Crippen LogP contribution is -2.36. The van der Waals surface area contributed by atoms with Crippen molar-refractivity contribution in [2.45, 2.75) is 58.9 Å². The first-order chi connectivity index (χ1) is 13.1. The number of fused-ring (bicyclic) bond motifs is 1. The van der Waals surface area contributed by atoms with E-state index in [0.29, 0.717) is 12.0 Å². The first-order valence-corrected chi connectivity index (χ1v) is 10.5. The normalized spacial score (nSPS) is 15.5. The van der Waals surface area contributed by atoms with Gasteiger partial charge in [0.2, 0.25) is 0 Å². The van der Waals surface area contributed by atoms with Crippen molar-refractivity contribution in [1.82, 2.24) is 4.90 Å². The summed E-state index contributed by atoms with van der Waals surface area (Å²) >= 11 is 0. The number of nitrogens with one attached hydrogen (secondary N) is 1. The van der Waals surface area contributed by atoms with E-state index in [2.05, 4.69) is 43.1 Å². The first-order valence-electron chi connectivity index (χ1n) is 10.5. The van der Waals surface area contributed by atoms with E-state index in [-0.39, 0.29) is 0 Å². The molecule has 0 heterocycles. The summed E-state index contributed by atoms with van der Waals surface area (Å²) in [5.41, 5.74) is 1.81. The monoisotopic (exact) mass is 368 g/mol. The molecule has 1 unspecified atom stereocenters. The Labute approximate surface area is 165 Å². The second kappa shape index (κ2) is 10.5. The minimum Gasteiger partial charge on any atom is -0.497 e. The van der Waals surface area contributed by atoms with Crippen molar-refractivity contribution < 1.29 is 4.74 Å². The van der Waals surface area contributed by atoms with E-state index in [1.54, 1.807) is 7.11 Å². The second-order valence-electron chi connectivity index (χ2n) is 7.32. The summed E-state index contributed by atoms with van der Waals surface area (Å²) in [7, 11) is 3.93. The van der Waals surface area contributed by atoms with Crippen LogP contribution in [0.25, 0.3) is 10.8 Å². The number of ether oxygens (including phenoxy) is 1. The van der Waals surface area contributed by atoms with Crippen LogP contribution >= 0.6 is 0 Å². The summed E-state index contributed by atoms with van der Waals surface area (Å²) in [6.07, 6.45) is 6.36. The van der Waals surface area contributed by atoms with Gasteiger partial charge in [0.05, 0.1) is 7.11 Å². The zero-order valence-electron chi connectivity index (χ0n) is 17.7. The van der Waals surface area contributed by atoms with Crippen LogP contribution in [0.2, 0.25) is 0 Å². The number of hydrogen-bond donors (Lipinski definition) is 1. The topological polar surface area (TPSA) is 36.3 Å². The van der Waals surface area contributed by atoms with Gasteiger partial charge in [-0.15, -0.1) is 0 Å². The van der Waals surface area contributed by atoms with E-state index in [4.69, 9.17) is 10.1 Å². The van der Waals surface area contributed by atoms with Gasteiger partial charge in [-0.05, 0) is 60.8 Å². The fraction of sp³-hybridized carbons (Fsp3) is 0.542. The zero-order chi connectivity index (χ0) is 19.8. The van der Waals surface area contributed by atoms with Crippen molar-refractivity contribution in [2.75, 3.05) is 20.7 Å². The lowest BCUT2D eigenvalue weighted by Gasteiger charge is -2.29. The molecule has 1 saturated carbocycles. The Morgan fingerprint density at radius 1 is 1.11 bits per heavy atom. The summed E-state index contributed by atoms with van der Waals surface area (Å²) in [5, 5.41) is 11.1. The van der Waals surface area contributed by atoms with Gasteiger partial charge in [0.15, 0.2) is 0 Å². The van der Waals surface area contributed by atoms with Crippen molar-refractivity contribution >= 4 is 16.5 Å². The Morgan fingerprint density at radius 2 is 1.74 bits per heavy atom. The second-order valence-corrected chi connectivity index (χ2v) is 7.32. The molecule has 3 heteroatoms. The smallest absolute Gasteiger partial charge is 0.119 e. The molecular formula is C24H36N2O. The highest BCUT2D eigenvalue weighted by Crippen LogP contribution is 2.26. The molecule has 0 spiro atoms. The molecule has 0 saturated heterocycles. The molecule has 1 aliphatic carbocycles. The van der Waals surface area contributed by atoms with Gasteiger partial charge in [-0.2, -0.15) is 0 Å². The Balaban J connectivity index is 0.00000126. The summed E-state index contributed by atoms with van der Waals surface area (Å²) in [4.78, 5) is 2.49. The van der Waals surface area contributed by atoms with Crippen LogP contribution in [-0.4, -0.2) is 37.4 Å². The van der Waals surface area contributed by atoms with Crippen LogP contribution in [0, 0.1) is 11.3 Å². The predicted molar refractivity (Wildman–Crippen MR) is 117 cm³/mol. The lowest BCUT2D eigenvalue weighted by molar-refractivity contribution is 0.226. The van der Waals surface area contributed by atoms with E-state index in [9.17, 15) is 0 Å². The van der Waals surface area contributed by atoms with Crippen LogP contribution < -0.4 is 4.74 Å². The fourth-order valence-corrected chi connectivity index (χ4v) is 4.02. The van der Waals surface area contributed by atoms with Crippen molar-refractivity contribution in [2.24, 2.45) is 5.92 Å². The third-order valence-electron chi connectivity index (χ3n) is 5.72. The van der Waals surface area contributed by atoms with Crippen LogP contribution in [0.1, 0.15) is 58.4 Å². The minimum atomic E-state index is 0.293. The van der Waals surface area contributed by atoms with Gasteiger partial charge < -0.3 is 15.0 Å². The zero-order valence-corrected chi connectivity index (χ0v) is 17.7.